The second-order valence-electron chi connectivity index (χ2n) is 5.72. The Hall–Kier alpha value is -2.40. The number of hydrogen-bond donors (Lipinski definition) is 2. The lowest BCUT2D eigenvalue weighted by molar-refractivity contribution is 0.174. The average Bonchev–Trinajstić information content (AvgIpc) is 3.06. The van der Waals surface area contributed by atoms with Gasteiger partial charge in [0, 0.05) is 13.1 Å². The normalized spacial score (nSPS) is 14.8. The van der Waals surface area contributed by atoms with Gasteiger partial charge in [-0.05, 0) is 48.4 Å². The van der Waals surface area contributed by atoms with Gasteiger partial charge in [-0.15, -0.1) is 0 Å². The van der Waals surface area contributed by atoms with E-state index in [4.69, 9.17) is 14.2 Å². The molecule has 0 aromatic heterocycles. The van der Waals surface area contributed by atoms with Crippen LogP contribution in [0, 0.1) is 0 Å². The van der Waals surface area contributed by atoms with Gasteiger partial charge in [0.2, 0.25) is 6.79 Å². The van der Waals surface area contributed by atoms with Crippen molar-refractivity contribution in [1.82, 2.24) is 5.32 Å². The van der Waals surface area contributed by atoms with Crippen LogP contribution in [-0.2, 0) is 13.0 Å². The first kappa shape index (κ1) is 14.2. The second-order valence-corrected chi connectivity index (χ2v) is 5.72. The molecule has 23 heavy (non-hydrogen) atoms. The van der Waals surface area contributed by atoms with Gasteiger partial charge < -0.3 is 24.8 Å². The van der Waals surface area contributed by atoms with Gasteiger partial charge in [0.1, 0.15) is 12.4 Å². The summed E-state index contributed by atoms with van der Waals surface area (Å²) in [6, 6.07) is 12.4. The molecule has 0 atom stereocenters. The third kappa shape index (κ3) is 3.19. The molecule has 0 saturated heterocycles. The monoisotopic (exact) mass is 312 g/mol. The molecule has 4 rings (SSSR count). The molecule has 2 aromatic rings. The Morgan fingerprint density at radius 2 is 1.78 bits per heavy atom. The number of rotatable bonds is 5. The SMILES string of the molecule is c1cc2c(cc1CCNCc1ccc3c(c1)OCO3)NCCO2. The van der Waals surface area contributed by atoms with Crippen LogP contribution in [0.4, 0.5) is 5.69 Å². The van der Waals surface area contributed by atoms with Crippen molar-refractivity contribution in [2.75, 3.05) is 31.8 Å². The van der Waals surface area contributed by atoms with Crippen molar-refractivity contribution in [3.63, 3.8) is 0 Å². The Balaban J connectivity index is 1.29. The van der Waals surface area contributed by atoms with Crippen LogP contribution in [0.15, 0.2) is 36.4 Å². The summed E-state index contributed by atoms with van der Waals surface area (Å²) >= 11 is 0. The zero-order chi connectivity index (χ0) is 15.5. The van der Waals surface area contributed by atoms with Gasteiger partial charge in [0.05, 0.1) is 5.69 Å². The van der Waals surface area contributed by atoms with Gasteiger partial charge in [0.25, 0.3) is 0 Å². The summed E-state index contributed by atoms with van der Waals surface area (Å²) in [6.45, 7) is 3.68. The van der Waals surface area contributed by atoms with E-state index in [0.717, 1.165) is 55.6 Å². The zero-order valence-electron chi connectivity index (χ0n) is 12.9. The number of nitrogens with one attached hydrogen (secondary N) is 2. The fourth-order valence-electron chi connectivity index (χ4n) is 2.86. The highest BCUT2D eigenvalue weighted by Crippen LogP contribution is 2.32. The highest BCUT2D eigenvalue weighted by molar-refractivity contribution is 5.59. The van der Waals surface area contributed by atoms with Gasteiger partial charge >= 0.3 is 0 Å². The van der Waals surface area contributed by atoms with Gasteiger partial charge in [-0.1, -0.05) is 12.1 Å². The molecule has 0 unspecified atom stereocenters. The molecular formula is C18H20N2O3. The topological polar surface area (TPSA) is 51.8 Å². The summed E-state index contributed by atoms with van der Waals surface area (Å²) in [7, 11) is 0. The number of fused-ring (bicyclic) bond motifs is 2. The van der Waals surface area contributed by atoms with Crippen molar-refractivity contribution in [2.24, 2.45) is 0 Å². The molecule has 5 heteroatoms. The Kier molecular flexibility index (Phi) is 3.94. The van der Waals surface area contributed by atoms with Crippen LogP contribution in [0.25, 0.3) is 0 Å². The van der Waals surface area contributed by atoms with E-state index >= 15 is 0 Å². The predicted molar refractivity (Wildman–Crippen MR) is 88.4 cm³/mol. The highest BCUT2D eigenvalue weighted by atomic mass is 16.7. The van der Waals surface area contributed by atoms with E-state index in [1.54, 1.807) is 0 Å². The number of benzene rings is 2. The second kappa shape index (κ2) is 6.38. The summed E-state index contributed by atoms with van der Waals surface area (Å²) in [4.78, 5) is 0. The third-order valence-electron chi connectivity index (χ3n) is 4.08. The van der Waals surface area contributed by atoms with Crippen molar-refractivity contribution < 1.29 is 14.2 Å². The molecule has 0 saturated carbocycles. The summed E-state index contributed by atoms with van der Waals surface area (Å²) in [5.41, 5.74) is 3.61. The molecule has 0 aliphatic carbocycles. The molecule has 2 aliphatic rings. The Bertz CT molecular complexity index is 703. The van der Waals surface area contributed by atoms with E-state index in [9.17, 15) is 0 Å². The summed E-state index contributed by atoms with van der Waals surface area (Å²) in [5.74, 6) is 2.62. The number of hydrogen-bond acceptors (Lipinski definition) is 5. The van der Waals surface area contributed by atoms with E-state index in [0.29, 0.717) is 6.79 Å². The first-order chi connectivity index (χ1) is 11.4. The molecule has 0 fully saturated rings. The van der Waals surface area contributed by atoms with E-state index < -0.39 is 0 Å². The van der Waals surface area contributed by atoms with Crippen molar-refractivity contribution in [3.05, 3.63) is 47.5 Å². The first-order valence-electron chi connectivity index (χ1n) is 7.97. The van der Waals surface area contributed by atoms with Crippen molar-refractivity contribution >= 4 is 5.69 Å². The van der Waals surface area contributed by atoms with Gasteiger partial charge in [-0.25, -0.2) is 0 Å². The lowest BCUT2D eigenvalue weighted by Gasteiger charge is -2.19. The average molecular weight is 312 g/mol. The van der Waals surface area contributed by atoms with Crippen LogP contribution in [0.5, 0.6) is 17.2 Å². The minimum atomic E-state index is 0.322. The van der Waals surface area contributed by atoms with Crippen LogP contribution >= 0.6 is 0 Å². The molecule has 0 bridgehead atoms. The maximum atomic E-state index is 5.60. The Morgan fingerprint density at radius 1 is 0.913 bits per heavy atom. The molecule has 0 amide bonds. The van der Waals surface area contributed by atoms with E-state index in [2.05, 4.69) is 34.9 Å². The molecule has 0 radical (unpaired) electrons. The van der Waals surface area contributed by atoms with Crippen LogP contribution < -0.4 is 24.8 Å². The Labute approximate surface area is 135 Å². The molecule has 2 N–H and O–H groups in total. The largest absolute Gasteiger partial charge is 0.490 e. The van der Waals surface area contributed by atoms with E-state index in [1.807, 2.05) is 12.1 Å². The molecular weight excluding hydrogens is 292 g/mol. The molecule has 2 aliphatic heterocycles. The fourth-order valence-corrected chi connectivity index (χ4v) is 2.86. The lowest BCUT2D eigenvalue weighted by Crippen LogP contribution is -2.19. The molecule has 5 nitrogen and oxygen atoms in total. The predicted octanol–water partition coefficient (Wildman–Crippen LogP) is 2.55. The highest BCUT2D eigenvalue weighted by Gasteiger charge is 2.13. The van der Waals surface area contributed by atoms with Gasteiger partial charge in [-0.3, -0.25) is 0 Å². The molecule has 2 heterocycles. The maximum absolute atomic E-state index is 5.60. The smallest absolute Gasteiger partial charge is 0.231 e. The van der Waals surface area contributed by atoms with Crippen molar-refractivity contribution in [1.29, 1.82) is 0 Å². The first-order valence-corrected chi connectivity index (χ1v) is 7.97. The fraction of sp³-hybridized carbons (Fsp3) is 0.333. The van der Waals surface area contributed by atoms with Crippen LogP contribution in [0.3, 0.4) is 0 Å². The zero-order valence-corrected chi connectivity index (χ0v) is 12.9. The third-order valence-corrected chi connectivity index (χ3v) is 4.08. The van der Waals surface area contributed by atoms with Gasteiger partial charge in [0.15, 0.2) is 11.5 Å². The van der Waals surface area contributed by atoms with Gasteiger partial charge in [-0.2, -0.15) is 0 Å². The van der Waals surface area contributed by atoms with Crippen LogP contribution in [0.1, 0.15) is 11.1 Å². The lowest BCUT2D eigenvalue weighted by atomic mass is 10.1. The molecule has 2 aromatic carbocycles. The molecule has 120 valence electrons. The Morgan fingerprint density at radius 3 is 2.78 bits per heavy atom. The number of anilines is 1. The summed E-state index contributed by atoms with van der Waals surface area (Å²) < 4.78 is 16.3. The molecule has 0 spiro atoms. The minimum Gasteiger partial charge on any atom is -0.490 e. The van der Waals surface area contributed by atoms with Crippen LogP contribution in [0.2, 0.25) is 0 Å². The van der Waals surface area contributed by atoms with Crippen molar-refractivity contribution in [3.8, 4) is 17.2 Å². The maximum Gasteiger partial charge on any atom is 0.231 e. The minimum absolute atomic E-state index is 0.322. The van der Waals surface area contributed by atoms with E-state index in [-0.39, 0.29) is 0 Å². The summed E-state index contributed by atoms with van der Waals surface area (Å²) in [6.07, 6.45) is 0.986. The van der Waals surface area contributed by atoms with Crippen LogP contribution in [-0.4, -0.2) is 26.5 Å². The quantitative estimate of drug-likeness (QED) is 0.831. The van der Waals surface area contributed by atoms with Crippen molar-refractivity contribution in [2.45, 2.75) is 13.0 Å². The standard InChI is InChI=1S/C18H20N2O3/c1-3-16-15(20-7-8-21-16)9-13(1)5-6-19-11-14-2-4-17-18(10-14)23-12-22-17/h1-4,9-10,19-20H,5-8,11-12H2. The summed E-state index contributed by atoms with van der Waals surface area (Å²) in [5, 5.41) is 6.85. The van der Waals surface area contributed by atoms with E-state index in [1.165, 1.54) is 11.1 Å². The number of ether oxygens (including phenoxy) is 3.